The lowest BCUT2D eigenvalue weighted by Gasteiger charge is -2.17. The Bertz CT molecular complexity index is 535. The number of ether oxygens (including phenoxy) is 1. The lowest BCUT2D eigenvalue weighted by molar-refractivity contribution is -0.120. The van der Waals surface area contributed by atoms with E-state index in [4.69, 9.17) is 21.4 Å². The van der Waals surface area contributed by atoms with E-state index in [0.717, 1.165) is 0 Å². The number of aromatic carboxylic acids is 1. The molecule has 108 valence electrons. The van der Waals surface area contributed by atoms with Crippen molar-refractivity contribution in [3.63, 3.8) is 0 Å². The van der Waals surface area contributed by atoms with Gasteiger partial charge in [0.05, 0.1) is 35.4 Å². The smallest absolute Gasteiger partial charge is 0.335 e. The molecule has 1 heterocycles. The number of carboxylic acid groups (broad SMARTS) is 1. The molecule has 0 radical (unpaired) electrons. The van der Waals surface area contributed by atoms with Gasteiger partial charge < -0.3 is 20.5 Å². The number of carbonyl (C=O) groups excluding carboxylic acids is 1. The molecule has 0 aliphatic carbocycles. The van der Waals surface area contributed by atoms with Crippen molar-refractivity contribution in [3.05, 3.63) is 28.8 Å². The molecule has 6 nitrogen and oxygen atoms in total. The predicted molar refractivity (Wildman–Crippen MR) is 74.2 cm³/mol. The molecular weight excluding hydrogens is 284 g/mol. The Hall–Kier alpha value is -1.63. The van der Waals surface area contributed by atoms with Gasteiger partial charge in [-0.25, -0.2) is 4.79 Å². The molecule has 1 aliphatic rings. The summed E-state index contributed by atoms with van der Waals surface area (Å²) in [7, 11) is 1.76. The fourth-order valence-corrected chi connectivity index (χ4v) is 2.24. The van der Waals surface area contributed by atoms with Crippen molar-refractivity contribution in [3.8, 4) is 0 Å². The van der Waals surface area contributed by atoms with E-state index in [1.807, 2.05) is 0 Å². The molecule has 20 heavy (non-hydrogen) atoms. The monoisotopic (exact) mass is 298 g/mol. The van der Waals surface area contributed by atoms with Crippen molar-refractivity contribution in [2.24, 2.45) is 5.92 Å². The predicted octanol–water partition coefficient (Wildman–Crippen LogP) is 1.21. The number of hydrogen-bond donors (Lipinski definition) is 3. The van der Waals surface area contributed by atoms with Crippen LogP contribution in [0.1, 0.15) is 10.4 Å². The van der Waals surface area contributed by atoms with E-state index in [-0.39, 0.29) is 23.4 Å². The number of amides is 1. The van der Waals surface area contributed by atoms with Crippen LogP contribution in [-0.2, 0) is 9.53 Å². The Balaban J connectivity index is 2.15. The first kappa shape index (κ1) is 14.8. The number of carbonyl (C=O) groups is 2. The minimum absolute atomic E-state index is 0.0589. The molecule has 1 aromatic rings. The summed E-state index contributed by atoms with van der Waals surface area (Å²) in [6.45, 7) is 0.797. The Labute approximate surface area is 121 Å². The van der Waals surface area contributed by atoms with Crippen LogP contribution >= 0.6 is 11.6 Å². The van der Waals surface area contributed by atoms with Crippen LogP contribution in [0.5, 0.6) is 0 Å². The Morgan fingerprint density at radius 3 is 2.80 bits per heavy atom. The molecule has 1 aromatic carbocycles. The summed E-state index contributed by atoms with van der Waals surface area (Å²) in [5.41, 5.74) is 0.357. The fraction of sp³-hybridized carbons (Fsp3) is 0.385. The molecule has 3 N–H and O–H groups in total. The van der Waals surface area contributed by atoms with Crippen molar-refractivity contribution in [1.82, 2.24) is 5.32 Å². The highest BCUT2D eigenvalue weighted by molar-refractivity contribution is 6.33. The molecule has 1 saturated heterocycles. The summed E-state index contributed by atoms with van der Waals surface area (Å²) < 4.78 is 5.26. The van der Waals surface area contributed by atoms with E-state index in [0.29, 0.717) is 23.9 Å². The quantitative estimate of drug-likeness (QED) is 0.778. The molecular formula is C13H15ClN2O4. The largest absolute Gasteiger partial charge is 0.478 e. The van der Waals surface area contributed by atoms with Gasteiger partial charge in [0.15, 0.2) is 0 Å². The van der Waals surface area contributed by atoms with E-state index in [9.17, 15) is 9.59 Å². The van der Waals surface area contributed by atoms with Crippen LogP contribution < -0.4 is 10.6 Å². The number of rotatable bonds is 4. The van der Waals surface area contributed by atoms with Crippen molar-refractivity contribution in [1.29, 1.82) is 0 Å². The number of hydrogen-bond acceptors (Lipinski definition) is 4. The van der Waals surface area contributed by atoms with Crippen LogP contribution in [-0.4, -0.2) is 43.3 Å². The topological polar surface area (TPSA) is 87.7 Å². The molecule has 2 atom stereocenters. The van der Waals surface area contributed by atoms with Crippen LogP contribution in [0, 0.1) is 5.92 Å². The number of carboxylic acids is 1. The van der Waals surface area contributed by atoms with Gasteiger partial charge in [-0.3, -0.25) is 4.79 Å². The van der Waals surface area contributed by atoms with Crippen LogP contribution in [0.25, 0.3) is 0 Å². The Kier molecular flexibility index (Phi) is 4.59. The Morgan fingerprint density at radius 2 is 2.15 bits per heavy atom. The molecule has 1 amide bonds. The average Bonchev–Trinajstić information content (AvgIpc) is 2.89. The zero-order chi connectivity index (χ0) is 14.7. The third-order valence-electron chi connectivity index (χ3n) is 3.26. The van der Waals surface area contributed by atoms with Crippen molar-refractivity contribution >= 4 is 29.2 Å². The first-order valence-electron chi connectivity index (χ1n) is 6.11. The average molecular weight is 299 g/mol. The first-order valence-corrected chi connectivity index (χ1v) is 6.49. The molecule has 0 bridgehead atoms. The second-order valence-electron chi connectivity index (χ2n) is 4.53. The lowest BCUT2D eigenvalue weighted by Crippen LogP contribution is -2.39. The normalized spacial score (nSPS) is 21.7. The molecule has 0 saturated carbocycles. The van der Waals surface area contributed by atoms with Crippen molar-refractivity contribution in [2.45, 2.75) is 6.04 Å². The second-order valence-corrected chi connectivity index (χ2v) is 4.94. The number of halogens is 1. The molecule has 1 fully saturated rings. The van der Waals surface area contributed by atoms with E-state index >= 15 is 0 Å². The van der Waals surface area contributed by atoms with E-state index in [1.165, 1.54) is 18.2 Å². The van der Waals surface area contributed by atoms with Gasteiger partial charge in [0.2, 0.25) is 5.91 Å². The summed E-state index contributed by atoms with van der Waals surface area (Å²) in [6.07, 6.45) is 0. The highest BCUT2D eigenvalue weighted by Gasteiger charge is 2.33. The van der Waals surface area contributed by atoms with Gasteiger partial charge in [-0.05, 0) is 25.2 Å². The maximum atomic E-state index is 12.2. The third kappa shape index (κ3) is 3.09. The summed E-state index contributed by atoms with van der Waals surface area (Å²) in [5.74, 6) is -1.65. The lowest BCUT2D eigenvalue weighted by atomic mass is 10.0. The standard InChI is InChI=1S/C13H15ClN2O4/c1-15-11-6-20-5-8(11)12(17)16-10-4-7(13(18)19)2-3-9(10)14/h2-4,8,11,15H,5-6H2,1H3,(H,16,17)(H,18,19). The summed E-state index contributed by atoms with van der Waals surface area (Å²) in [5, 5.41) is 14.9. The summed E-state index contributed by atoms with van der Waals surface area (Å²) in [6, 6.07) is 4.11. The molecule has 7 heteroatoms. The SMILES string of the molecule is CNC1COCC1C(=O)Nc1cc(C(=O)O)ccc1Cl. The highest BCUT2D eigenvalue weighted by atomic mass is 35.5. The van der Waals surface area contributed by atoms with Crippen LogP contribution in [0.3, 0.4) is 0 Å². The van der Waals surface area contributed by atoms with Gasteiger partial charge >= 0.3 is 5.97 Å². The number of likely N-dealkylation sites (N-methyl/N-ethyl adjacent to an activating group) is 1. The van der Waals surface area contributed by atoms with Gasteiger partial charge in [0.1, 0.15) is 0 Å². The fourth-order valence-electron chi connectivity index (χ4n) is 2.08. The van der Waals surface area contributed by atoms with E-state index in [1.54, 1.807) is 7.05 Å². The number of benzene rings is 1. The first-order chi connectivity index (χ1) is 9.52. The van der Waals surface area contributed by atoms with Gasteiger partial charge in [-0.15, -0.1) is 0 Å². The van der Waals surface area contributed by atoms with Gasteiger partial charge in [-0.2, -0.15) is 0 Å². The molecule has 0 aromatic heterocycles. The van der Waals surface area contributed by atoms with Gasteiger partial charge in [0, 0.05) is 6.04 Å². The molecule has 2 rings (SSSR count). The van der Waals surface area contributed by atoms with E-state index < -0.39 is 5.97 Å². The highest BCUT2D eigenvalue weighted by Crippen LogP contribution is 2.25. The van der Waals surface area contributed by atoms with Gasteiger partial charge in [0.25, 0.3) is 0 Å². The zero-order valence-electron chi connectivity index (χ0n) is 10.9. The van der Waals surface area contributed by atoms with Crippen LogP contribution in [0.4, 0.5) is 5.69 Å². The third-order valence-corrected chi connectivity index (χ3v) is 3.59. The van der Waals surface area contributed by atoms with Crippen LogP contribution in [0.15, 0.2) is 18.2 Å². The second kappa shape index (κ2) is 6.21. The molecule has 2 unspecified atom stereocenters. The molecule has 1 aliphatic heterocycles. The zero-order valence-corrected chi connectivity index (χ0v) is 11.6. The van der Waals surface area contributed by atoms with Crippen molar-refractivity contribution in [2.75, 3.05) is 25.6 Å². The van der Waals surface area contributed by atoms with E-state index in [2.05, 4.69) is 10.6 Å². The minimum Gasteiger partial charge on any atom is -0.478 e. The number of anilines is 1. The maximum absolute atomic E-state index is 12.2. The maximum Gasteiger partial charge on any atom is 0.335 e. The number of nitrogens with one attached hydrogen (secondary N) is 2. The van der Waals surface area contributed by atoms with Crippen LogP contribution in [0.2, 0.25) is 5.02 Å². The van der Waals surface area contributed by atoms with Gasteiger partial charge in [-0.1, -0.05) is 11.6 Å². The summed E-state index contributed by atoms with van der Waals surface area (Å²) in [4.78, 5) is 23.1. The molecule has 0 spiro atoms. The summed E-state index contributed by atoms with van der Waals surface area (Å²) >= 11 is 5.97. The van der Waals surface area contributed by atoms with Crippen molar-refractivity contribution < 1.29 is 19.4 Å². The Morgan fingerprint density at radius 1 is 1.40 bits per heavy atom. The minimum atomic E-state index is -1.07.